The maximum Gasteiger partial charge on any atom is 0.225 e. The molecule has 4 nitrogen and oxygen atoms in total. The van der Waals surface area contributed by atoms with Crippen LogP contribution in [0.1, 0.15) is 51.9 Å². The molecule has 132 valence electrons. The van der Waals surface area contributed by atoms with Crippen molar-refractivity contribution < 1.29 is 4.79 Å². The molecule has 5 heteroatoms. The van der Waals surface area contributed by atoms with Gasteiger partial charge in [0.15, 0.2) is 0 Å². The van der Waals surface area contributed by atoms with Gasteiger partial charge in [0.25, 0.3) is 0 Å². The molecule has 23 heavy (non-hydrogen) atoms. The quantitative estimate of drug-likeness (QED) is 0.837. The maximum atomic E-state index is 12.9. The van der Waals surface area contributed by atoms with Crippen LogP contribution >= 0.6 is 12.4 Å². The van der Waals surface area contributed by atoms with Crippen molar-refractivity contribution in [2.45, 2.75) is 70.0 Å². The van der Waals surface area contributed by atoms with Crippen LogP contribution in [-0.2, 0) is 4.79 Å². The van der Waals surface area contributed by atoms with Crippen LogP contribution in [0.2, 0.25) is 0 Å². The molecule has 0 bridgehead atoms. The Morgan fingerprint density at radius 3 is 2.65 bits per heavy atom. The van der Waals surface area contributed by atoms with Gasteiger partial charge in [-0.25, -0.2) is 0 Å². The van der Waals surface area contributed by atoms with E-state index in [1.54, 1.807) is 0 Å². The summed E-state index contributed by atoms with van der Waals surface area (Å²) in [5.41, 5.74) is 0. The highest BCUT2D eigenvalue weighted by atomic mass is 35.5. The summed E-state index contributed by atoms with van der Waals surface area (Å²) in [6.07, 6.45) is 8.77. The first-order valence-electron chi connectivity index (χ1n) is 9.50. The van der Waals surface area contributed by atoms with Crippen molar-refractivity contribution in [2.24, 2.45) is 11.8 Å². The minimum atomic E-state index is 0. The minimum absolute atomic E-state index is 0. The van der Waals surface area contributed by atoms with E-state index in [1.807, 2.05) is 0 Å². The SMILES string of the molecule is C[C@H]1C[C@@H](C(=O)N2CCC3C(CCCN3C3CC3)C2)CCN1.Cl. The Kier molecular flexibility index (Phi) is 5.54. The number of hydrogen-bond donors (Lipinski definition) is 1. The van der Waals surface area contributed by atoms with Crippen molar-refractivity contribution in [1.82, 2.24) is 15.1 Å². The summed E-state index contributed by atoms with van der Waals surface area (Å²) in [7, 11) is 0. The normalized spacial score (nSPS) is 38.6. The summed E-state index contributed by atoms with van der Waals surface area (Å²) in [6.45, 7) is 6.56. The third-order valence-corrected chi connectivity index (χ3v) is 6.41. The van der Waals surface area contributed by atoms with Gasteiger partial charge in [0.05, 0.1) is 0 Å². The first kappa shape index (κ1) is 17.5. The number of amides is 1. The molecule has 1 aliphatic carbocycles. The van der Waals surface area contributed by atoms with Crippen LogP contribution in [0.4, 0.5) is 0 Å². The number of nitrogens with zero attached hydrogens (tertiary/aromatic N) is 2. The molecule has 4 fully saturated rings. The molecular weight excluding hydrogens is 310 g/mol. The zero-order valence-electron chi connectivity index (χ0n) is 14.4. The van der Waals surface area contributed by atoms with Gasteiger partial charge in [0.1, 0.15) is 0 Å². The lowest BCUT2D eigenvalue weighted by Gasteiger charge is -2.48. The summed E-state index contributed by atoms with van der Waals surface area (Å²) in [4.78, 5) is 17.9. The van der Waals surface area contributed by atoms with Crippen LogP contribution in [0.3, 0.4) is 0 Å². The average Bonchev–Trinajstić information content (AvgIpc) is 3.38. The van der Waals surface area contributed by atoms with E-state index < -0.39 is 0 Å². The lowest BCUT2D eigenvalue weighted by molar-refractivity contribution is -0.140. The largest absolute Gasteiger partial charge is 0.342 e. The van der Waals surface area contributed by atoms with Crippen LogP contribution in [0.15, 0.2) is 0 Å². The molecule has 1 N–H and O–H groups in total. The van der Waals surface area contributed by atoms with E-state index in [0.717, 1.165) is 50.5 Å². The monoisotopic (exact) mass is 341 g/mol. The standard InChI is InChI=1S/C18H31N3O.ClH/c1-13-11-14(6-8-19-13)18(22)20-10-7-17-15(12-20)3-2-9-21(17)16-4-5-16;/h13-17,19H,2-12H2,1H3;1H/t13-,14-,15?,17?;/m0./s1. The molecule has 3 heterocycles. The van der Waals surface area contributed by atoms with Gasteiger partial charge in [-0.05, 0) is 70.9 Å². The number of hydrogen-bond acceptors (Lipinski definition) is 3. The summed E-state index contributed by atoms with van der Waals surface area (Å²) in [5, 5.41) is 3.46. The van der Waals surface area contributed by atoms with Crippen molar-refractivity contribution in [3.8, 4) is 0 Å². The van der Waals surface area contributed by atoms with Gasteiger partial charge in [0.2, 0.25) is 5.91 Å². The lowest BCUT2D eigenvalue weighted by Crippen LogP contribution is -2.57. The van der Waals surface area contributed by atoms with Crippen LogP contribution in [-0.4, -0.2) is 60.0 Å². The molecule has 4 rings (SSSR count). The summed E-state index contributed by atoms with van der Waals surface area (Å²) in [6, 6.07) is 2.16. The van der Waals surface area contributed by atoms with Crippen molar-refractivity contribution in [3.63, 3.8) is 0 Å². The molecule has 0 radical (unpaired) electrons. The Hall–Kier alpha value is -0.320. The van der Waals surface area contributed by atoms with Gasteiger partial charge in [-0.2, -0.15) is 0 Å². The Labute approximate surface area is 146 Å². The number of fused-ring (bicyclic) bond motifs is 1. The fourth-order valence-corrected chi connectivity index (χ4v) is 5.12. The fourth-order valence-electron chi connectivity index (χ4n) is 5.12. The zero-order valence-corrected chi connectivity index (χ0v) is 15.2. The van der Waals surface area contributed by atoms with Crippen molar-refractivity contribution >= 4 is 18.3 Å². The van der Waals surface area contributed by atoms with Gasteiger partial charge >= 0.3 is 0 Å². The highest BCUT2D eigenvalue weighted by molar-refractivity contribution is 5.85. The molecule has 0 aromatic rings. The molecule has 0 aromatic carbocycles. The van der Waals surface area contributed by atoms with Crippen molar-refractivity contribution in [1.29, 1.82) is 0 Å². The molecule has 4 aliphatic rings. The lowest BCUT2D eigenvalue weighted by atomic mass is 9.82. The summed E-state index contributed by atoms with van der Waals surface area (Å²) >= 11 is 0. The Bertz CT molecular complexity index is 428. The molecule has 2 unspecified atom stereocenters. The Balaban J connectivity index is 0.00000156. The third kappa shape index (κ3) is 3.69. The predicted octanol–water partition coefficient (Wildman–Crippen LogP) is 2.27. The molecule has 3 aliphatic heterocycles. The van der Waals surface area contributed by atoms with Crippen LogP contribution in [0.25, 0.3) is 0 Å². The predicted molar refractivity (Wildman–Crippen MR) is 94.9 cm³/mol. The number of rotatable bonds is 2. The van der Waals surface area contributed by atoms with E-state index in [4.69, 9.17) is 0 Å². The number of carbonyl (C=O) groups excluding carboxylic acids is 1. The van der Waals surface area contributed by atoms with E-state index in [2.05, 4.69) is 22.0 Å². The molecule has 0 spiro atoms. The number of nitrogens with one attached hydrogen (secondary N) is 1. The number of likely N-dealkylation sites (tertiary alicyclic amines) is 2. The first-order valence-corrected chi connectivity index (χ1v) is 9.50. The molecule has 1 amide bonds. The molecule has 3 saturated heterocycles. The topological polar surface area (TPSA) is 35.6 Å². The van der Waals surface area contributed by atoms with E-state index >= 15 is 0 Å². The van der Waals surface area contributed by atoms with E-state index in [0.29, 0.717) is 11.9 Å². The second-order valence-corrected chi connectivity index (χ2v) is 8.09. The number of carbonyl (C=O) groups is 1. The van der Waals surface area contributed by atoms with Gasteiger partial charge < -0.3 is 10.2 Å². The van der Waals surface area contributed by atoms with Gasteiger partial charge in [0, 0.05) is 37.1 Å². The van der Waals surface area contributed by atoms with E-state index in [1.165, 1.54) is 38.6 Å². The Morgan fingerprint density at radius 2 is 1.91 bits per heavy atom. The molecule has 4 atom stereocenters. The van der Waals surface area contributed by atoms with Crippen molar-refractivity contribution in [3.05, 3.63) is 0 Å². The van der Waals surface area contributed by atoms with Gasteiger partial charge in [-0.1, -0.05) is 0 Å². The first-order chi connectivity index (χ1) is 10.7. The average molecular weight is 342 g/mol. The van der Waals surface area contributed by atoms with Crippen LogP contribution in [0, 0.1) is 11.8 Å². The smallest absolute Gasteiger partial charge is 0.225 e. The van der Waals surface area contributed by atoms with Gasteiger partial charge in [-0.3, -0.25) is 9.69 Å². The molecule has 0 aromatic heterocycles. The molecule has 1 saturated carbocycles. The van der Waals surface area contributed by atoms with Crippen molar-refractivity contribution in [2.75, 3.05) is 26.2 Å². The third-order valence-electron chi connectivity index (χ3n) is 6.41. The molecular formula is C18H32ClN3O. The highest BCUT2D eigenvalue weighted by Crippen LogP contribution is 2.38. The summed E-state index contributed by atoms with van der Waals surface area (Å²) in [5.74, 6) is 1.47. The maximum absolute atomic E-state index is 12.9. The number of halogens is 1. The van der Waals surface area contributed by atoms with Crippen LogP contribution in [0.5, 0.6) is 0 Å². The van der Waals surface area contributed by atoms with Gasteiger partial charge in [-0.15, -0.1) is 12.4 Å². The number of piperidine rings is 3. The summed E-state index contributed by atoms with van der Waals surface area (Å²) < 4.78 is 0. The van der Waals surface area contributed by atoms with Crippen LogP contribution < -0.4 is 5.32 Å². The van der Waals surface area contributed by atoms with E-state index in [9.17, 15) is 4.79 Å². The Morgan fingerprint density at radius 1 is 1.09 bits per heavy atom. The fraction of sp³-hybridized carbons (Fsp3) is 0.944. The second-order valence-electron chi connectivity index (χ2n) is 8.09. The highest BCUT2D eigenvalue weighted by Gasteiger charge is 2.43. The zero-order chi connectivity index (χ0) is 15.1. The van der Waals surface area contributed by atoms with E-state index in [-0.39, 0.29) is 18.3 Å². The minimum Gasteiger partial charge on any atom is -0.342 e. The second kappa shape index (κ2) is 7.28.